The van der Waals surface area contributed by atoms with Gasteiger partial charge in [0.1, 0.15) is 0 Å². The Morgan fingerprint density at radius 1 is 1.18 bits per heavy atom. The molecule has 0 spiro atoms. The number of fused-ring (bicyclic) bond motifs is 1. The molecule has 0 bridgehead atoms. The normalized spacial score (nSPS) is 12.3. The van der Waals surface area contributed by atoms with Crippen LogP contribution in [0.15, 0.2) is 42.5 Å². The maximum atomic E-state index is 12.3. The first-order chi connectivity index (χ1) is 13.6. The van der Waals surface area contributed by atoms with Gasteiger partial charge in [0.05, 0.1) is 18.8 Å². The fourth-order valence-corrected chi connectivity index (χ4v) is 2.87. The molecule has 8 heteroatoms. The Kier molecular flexibility index (Phi) is 6.54. The summed E-state index contributed by atoms with van der Waals surface area (Å²) >= 11 is 0. The van der Waals surface area contributed by atoms with Crippen molar-refractivity contribution >= 4 is 11.6 Å². The lowest BCUT2D eigenvalue weighted by Gasteiger charge is -2.16. The van der Waals surface area contributed by atoms with Gasteiger partial charge < -0.3 is 15.2 Å². The molecule has 8 nitrogen and oxygen atoms in total. The molecule has 0 aliphatic carbocycles. The van der Waals surface area contributed by atoms with Crippen LogP contribution in [0.5, 0.6) is 5.88 Å². The lowest BCUT2D eigenvalue weighted by Crippen LogP contribution is -2.30. The summed E-state index contributed by atoms with van der Waals surface area (Å²) in [4.78, 5) is 12.3. The molecule has 1 atom stereocenters. The van der Waals surface area contributed by atoms with E-state index >= 15 is 0 Å². The molecule has 0 saturated heterocycles. The smallest absolute Gasteiger partial charge is 0.232 e. The number of rotatable bonds is 9. The molecule has 0 aliphatic heterocycles. The summed E-state index contributed by atoms with van der Waals surface area (Å²) in [5.41, 5.74) is 1.52. The fourth-order valence-electron chi connectivity index (χ4n) is 2.87. The number of nitrogens with zero attached hydrogens (tertiary/aromatic N) is 4. The van der Waals surface area contributed by atoms with Crippen molar-refractivity contribution in [3.63, 3.8) is 0 Å². The molecule has 0 saturated carbocycles. The average Bonchev–Trinajstić information content (AvgIpc) is 3.08. The summed E-state index contributed by atoms with van der Waals surface area (Å²) in [6, 6.07) is 12.6. The molecule has 1 amide bonds. The van der Waals surface area contributed by atoms with Crippen LogP contribution in [0, 0.1) is 0 Å². The highest BCUT2D eigenvalue weighted by atomic mass is 16.5. The van der Waals surface area contributed by atoms with E-state index in [2.05, 4.69) is 20.6 Å². The van der Waals surface area contributed by atoms with Gasteiger partial charge in [-0.15, -0.1) is 15.3 Å². The Bertz CT molecular complexity index is 911. The second kappa shape index (κ2) is 9.27. The van der Waals surface area contributed by atoms with Crippen molar-refractivity contribution in [2.45, 2.75) is 45.3 Å². The van der Waals surface area contributed by atoms with Gasteiger partial charge in [0.25, 0.3) is 0 Å². The second-order valence-corrected chi connectivity index (χ2v) is 6.79. The van der Waals surface area contributed by atoms with Crippen LogP contribution in [-0.2, 0) is 11.2 Å². The molecule has 28 heavy (non-hydrogen) atoms. The van der Waals surface area contributed by atoms with Crippen LogP contribution in [0.3, 0.4) is 0 Å². The van der Waals surface area contributed by atoms with Crippen LogP contribution in [0.2, 0.25) is 0 Å². The predicted molar refractivity (Wildman–Crippen MR) is 104 cm³/mol. The molecule has 3 rings (SSSR count). The number of aryl methyl sites for hydroxylation is 1. The van der Waals surface area contributed by atoms with E-state index in [0.29, 0.717) is 36.6 Å². The molecule has 2 N–H and O–H groups in total. The number of hydrogen-bond donors (Lipinski definition) is 2. The van der Waals surface area contributed by atoms with E-state index in [9.17, 15) is 9.90 Å². The molecular weight excluding hydrogens is 358 g/mol. The van der Waals surface area contributed by atoms with Crippen molar-refractivity contribution in [3.8, 4) is 5.88 Å². The molecule has 2 aromatic heterocycles. The summed E-state index contributed by atoms with van der Waals surface area (Å²) < 4.78 is 7.26. The van der Waals surface area contributed by atoms with Crippen LogP contribution in [0.25, 0.3) is 5.65 Å². The first kappa shape index (κ1) is 19.8. The topological polar surface area (TPSA) is 102 Å². The number of hydrogen-bond acceptors (Lipinski definition) is 6. The highest BCUT2D eigenvalue weighted by molar-refractivity contribution is 5.76. The Morgan fingerprint density at radius 3 is 2.68 bits per heavy atom. The highest BCUT2D eigenvalue weighted by Crippen LogP contribution is 2.14. The Hall–Kier alpha value is -3.00. The number of benzene rings is 1. The van der Waals surface area contributed by atoms with Crippen LogP contribution in [0.4, 0.5) is 0 Å². The zero-order chi connectivity index (χ0) is 19.9. The second-order valence-electron chi connectivity index (χ2n) is 6.79. The van der Waals surface area contributed by atoms with E-state index < -0.39 is 6.04 Å². The third-order valence-electron chi connectivity index (χ3n) is 4.18. The van der Waals surface area contributed by atoms with E-state index in [-0.39, 0.29) is 18.6 Å². The zero-order valence-corrected chi connectivity index (χ0v) is 16.1. The quantitative estimate of drug-likeness (QED) is 0.587. The van der Waals surface area contributed by atoms with Gasteiger partial charge in [-0.25, -0.2) is 0 Å². The average molecular weight is 383 g/mol. The molecule has 0 aliphatic rings. The van der Waals surface area contributed by atoms with Gasteiger partial charge in [0.15, 0.2) is 11.5 Å². The third-order valence-corrected chi connectivity index (χ3v) is 4.18. The molecule has 1 aromatic carbocycles. The maximum Gasteiger partial charge on any atom is 0.232 e. The first-order valence-corrected chi connectivity index (χ1v) is 9.40. The van der Waals surface area contributed by atoms with Crippen molar-refractivity contribution in [2.24, 2.45) is 0 Å². The monoisotopic (exact) mass is 383 g/mol. The summed E-state index contributed by atoms with van der Waals surface area (Å²) in [6.45, 7) is 3.73. The van der Waals surface area contributed by atoms with Gasteiger partial charge in [-0.05, 0) is 31.9 Å². The van der Waals surface area contributed by atoms with Crippen molar-refractivity contribution < 1.29 is 14.6 Å². The van der Waals surface area contributed by atoms with Crippen molar-refractivity contribution in [1.29, 1.82) is 0 Å². The number of ether oxygens (including phenoxy) is 1. The number of aliphatic hydroxyl groups is 1. The number of aromatic nitrogens is 4. The Morgan fingerprint density at radius 2 is 1.96 bits per heavy atom. The number of aliphatic hydroxyl groups excluding tert-OH is 1. The van der Waals surface area contributed by atoms with E-state index in [1.54, 1.807) is 16.6 Å². The van der Waals surface area contributed by atoms with Crippen molar-refractivity contribution in [3.05, 3.63) is 53.9 Å². The van der Waals surface area contributed by atoms with Crippen molar-refractivity contribution in [1.82, 2.24) is 25.1 Å². The van der Waals surface area contributed by atoms with Crippen LogP contribution >= 0.6 is 0 Å². The van der Waals surface area contributed by atoms with Gasteiger partial charge in [0, 0.05) is 18.9 Å². The Balaban J connectivity index is 1.56. The standard InChI is InChI=1S/C20H25N5O3/c1-14(2)28-20-12-11-18-23-22-17(25(18)24-20)9-6-10-19(27)21-16(13-26)15-7-4-3-5-8-15/h3-5,7-8,11-12,14,16,26H,6,9-10,13H2,1-2H3,(H,21,27)/t16-/m1/s1. The summed E-state index contributed by atoms with van der Waals surface area (Å²) in [5, 5.41) is 25.1. The zero-order valence-electron chi connectivity index (χ0n) is 16.1. The van der Waals surface area contributed by atoms with Crippen LogP contribution in [-0.4, -0.2) is 43.5 Å². The number of carbonyl (C=O) groups is 1. The SMILES string of the molecule is CC(C)Oc1ccc2nnc(CCCC(=O)N[C@H](CO)c3ccccc3)n2n1. The van der Waals surface area contributed by atoms with Crippen LogP contribution < -0.4 is 10.1 Å². The molecule has 0 unspecified atom stereocenters. The molecule has 0 fully saturated rings. The predicted octanol–water partition coefficient (Wildman–Crippen LogP) is 2.08. The summed E-state index contributed by atoms with van der Waals surface area (Å²) in [6.07, 6.45) is 1.50. The van der Waals surface area contributed by atoms with Gasteiger partial charge >= 0.3 is 0 Å². The molecule has 0 radical (unpaired) electrons. The first-order valence-electron chi connectivity index (χ1n) is 9.40. The minimum atomic E-state index is -0.403. The van der Waals surface area contributed by atoms with Gasteiger partial charge in [0.2, 0.25) is 11.8 Å². The van der Waals surface area contributed by atoms with Crippen LogP contribution in [0.1, 0.15) is 44.1 Å². The van der Waals surface area contributed by atoms with E-state index in [1.165, 1.54) is 0 Å². The summed E-state index contributed by atoms with van der Waals surface area (Å²) in [5.74, 6) is 1.07. The fraction of sp³-hybridized carbons (Fsp3) is 0.400. The number of amides is 1. The maximum absolute atomic E-state index is 12.3. The molecular formula is C20H25N5O3. The highest BCUT2D eigenvalue weighted by Gasteiger charge is 2.14. The summed E-state index contributed by atoms with van der Waals surface area (Å²) in [7, 11) is 0. The Labute approximate surface area is 163 Å². The van der Waals surface area contributed by atoms with Gasteiger partial charge in [-0.2, -0.15) is 4.52 Å². The minimum Gasteiger partial charge on any atom is -0.474 e. The number of nitrogens with one attached hydrogen (secondary N) is 1. The lowest BCUT2D eigenvalue weighted by atomic mass is 10.1. The van der Waals surface area contributed by atoms with Gasteiger partial charge in [-0.1, -0.05) is 30.3 Å². The van der Waals surface area contributed by atoms with Gasteiger partial charge in [-0.3, -0.25) is 4.79 Å². The largest absolute Gasteiger partial charge is 0.474 e. The minimum absolute atomic E-state index is 0.0256. The van der Waals surface area contributed by atoms with E-state index in [4.69, 9.17) is 4.74 Å². The van der Waals surface area contributed by atoms with E-state index in [1.807, 2.05) is 44.2 Å². The number of carbonyl (C=O) groups excluding carboxylic acids is 1. The lowest BCUT2D eigenvalue weighted by molar-refractivity contribution is -0.122. The third kappa shape index (κ3) is 5.04. The van der Waals surface area contributed by atoms with E-state index in [0.717, 1.165) is 5.56 Å². The molecule has 3 aromatic rings. The van der Waals surface area contributed by atoms with Crippen molar-refractivity contribution in [2.75, 3.05) is 6.61 Å². The molecule has 2 heterocycles. The molecule has 148 valence electrons.